The molecule has 1 aromatic heterocycles. The third-order valence-electron chi connectivity index (χ3n) is 3.33. The number of rotatable bonds is 6. The van der Waals surface area contributed by atoms with Crippen molar-refractivity contribution in [2.75, 3.05) is 25.2 Å². The van der Waals surface area contributed by atoms with Crippen molar-refractivity contribution in [3.63, 3.8) is 0 Å². The quantitative estimate of drug-likeness (QED) is 0.701. The van der Waals surface area contributed by atoms with Crippen LogP contribution in [0.2, 0.25) is 0 Å². The molecule has 1 unspecified atom stereocenters. The van der Waals surface area contributed by atoms with E-state index in [-0.39, 0.29) is 23.2 Å². The highest BCUT2D eigenvalue weighted by atomic mass is 32.1. The number of carbonyl (C=O) groups is 2. The van der Waals surface area contributed by atoms with E-state index < -0.39 is 5.97 Å². The zero-order chi connectivity index (χ0) is 16.2. The van der Waals surface area contributed by atoms with Crippen molar-refractivity contribution >= 4 is 33.9 Å². The van der Waals surface area contributed by atoms with Gasteiger partial charge in [0, 0.05) is 13.1 Å². The Labute approximate surface area is 129 Å². The Morgan fingerprint density at radius 1 is 1.38 bits per heavy atom. The molecule has 1 heterocycles. The number of hydrogen-bond donors (Lipinski definition) is 3. The van der Waals surface area contributed by atoms with E-state index in [1.54, 1.807) is 0 Å². The van der Waals surface area contributed by atoms with E-state index in [0.29, 0.717) is 15.8 Å². The largest absolute Gasteiger partial charge is 0.465 e. The normalized spacial score (nSPS) is 12.1. The third-order valence-corrected chi connectivity index (χ3v) is 4.46. The van der Waals surface area contributed by atoms with E-state index in [9.17, 15) is 9.59 Å². The number of methoxy groups -OCH3 is 1. The van der Waals surface area contributed by atoms with Crippen LogP contribution in [0.5, 0.6) is 0 Å². The molecule has 0 spiro atoms. The standard InChI is InChI=1S/C14H23N3O3S/c1-6-8(7(2)3)17-13-9(14(19)20-5)10(15)11(21-13)12(18)16-4/h7-8,17H,6,15H2,1-5H3,(H,16,18). The van der Waals surface area contributed by atoms with Crippen LogP contribution in [0.15, 0.2) is 0 Å². The van der Waals surface area contributed by atoms with Gasteiger partial charge in [-0.25, -0.2) is 4.79 Å². The van der Waals surface area contributed by atoms with Gasteiger partial charge in [0.05, 0.1) is 12.8 Å². The molecular weight excluding hydrogens is 290 g/mol. The molecule has 21 heavy (non-hydrogen) atoms. The molecule has 1 amide bonds. The number of hydrogen-bond acceptors (Lipinski definition) is 6. The second kappa shape index (κ2) is 7.31. The van der Waals surface area contributed by atoms with Crippen molar-refractivity contribution in [1.29, 1.82) is 0 Å². The molecule has 0 radical (unpaired) electrons. The highest BCUT2D eigenvalue weighted by Crippen LogP contribution is 2.37. The van der Waals surface area contributed by atoms with Gasteiger partial charge in [0.25, 0.3) is 5.91 Å². The average Bonchev–Trinajstić information content (AvgIpc) is 2.79. The zero-order valence-electron chi connectivity index (χ0n) is 13.1. The molecule has 0 saturated heterocycles. The molecule has 118 valence electrons. The zero-order valence-corrected chi connectivity index (χ0v) is 13.9. The highest BCUT2D eigenvalue weighted by Gasteiger charge is 2.27. The van der Waals surface area contributed by atoms with Crippen molar-refractivity contribution in [1.82, 2.24) is 5.32 Å². The number of thiophene rings is 1. The summed E-state index contributed by atoms with van der Waals surface area (Å²) in [4.78, 5) is 24.1. The van der Waals surface area contributed by atoms with Gasteiger partial charge >= 0.3 is 5.97 Å². The lowest BCUT2D eigenvalue weighted by atomic mass is 10.0. The summed E-state index contributed by atoms with van der Waals surface area (Å²) < 4.78 is 4.78. The molecule has 0 aliphatic heterocycles. The summed E-state index contributed by atoms with van der Waals surface area (Å²) in [5, 5.41) is 6.41. The Morgan fingerprint density at radius 3 is 2.43 bits per heavy atom. The van der Waals surface area contributed by atoms with Crippen LogP contribution in [0.1, 0.15) is 47.2 Å². The Bertz CT molecular complexity index is 526. The van der Waals surface area contributed by atoms with Crippen LogP contribution in [0.4, 0.5) is 10.7 Å². The number of ether oxygens (including phenoxy) is 1. The first-order valence-corrected chi connectivity index (χ1v) is 7.68. The predicted molar refractivity (Wildman–Crippen MR) is 86.0 cm³/mol. The first kappa shape index (κ1) is 17.3. The first-order chi connectivity index (χ1) is 9.87. The van der Waals surface area contributed by atoms with Crippen LogP contribution in [0.25, 0.3) is 0 Å². The molecule has 7 heteroatoms. The van der Waals surface area contributed by atoms with Gasteiger partial charge in [-0.1, -0.05) is 20.8 Å². The Morgan fingerprint density at radius 2 is 2.00 bits per heavy atom. The fourth-order valence-corrected chi connectivity index (χ4v) is 3.16. The SMILES string of the molecule is CCC(Nc1sc(C(=O)NC)c(N)c1C(=O)OC)C(C)C. The summed E-state index contributed by atoms with van der Waals surface area (Å²) in [7, 11) is 2.82. The molecule has 4 N–H and O–H groups in total. The van der Waals surface area contributed by atoms with Crippen LogP contribution in [-0.2, 0) is 4.74 Å². The van der Waals surface area contributed by atoms with Crippen molar-refractivity contribution < 1.29 is 14.3 Å². The lowest BCUT2D eigenvalue weighted by Gasteiger charge is -2.21. The molecule has 0 aromatic carbocycles. The Balaban J connectivity index is 3.29. The van der Waals surface area contributed by atoms with Gasteiger partial charge in [0.2, 0.25) is 0 Å². The number of amides is 1. The van der Waals surface area contributed by atoms with Crippen molar-refractivity contribution in [3.8, 4) is 0 Å². The van der Waals surface area contributed by atoms with Crippen molar-refractivity contribution in [2.24, 2.45) is 5.92 Å². The fourth-order valence-electron chi connectivity index (χ4n) is 2.04. The van der Waals surface area contributed by atoms with E-state index in [1.807, 2.05) is 0 Å². The molecule has 6 nitrogen and oxygen atoms in total. The maximum absolute atomic E-state index is 12.0. The third kappa shape index (κ3) is 3.66. The lowest BCUT2D eigenvalue weighted by molar-refractivity contribution is 0.0603. The minimum atomic E-state index is -0.542. The van der Waals surface area contributed by atoms with Crippen LogP contribution in [-0.4, -0.2) is 32.1 Å². The van der Waals surface area contributed by atoms with Crippen molar-refractivity contribution in [3.05, 3.63) is 10.4 Å². The smallest absolute Gasteiger partial charge is 0.343 e. The van der Waals surface area contributed by atoms with E-state index in [4.69, 9.17) is 10.5 Å². The highest BCUT2D eigenvalue weighted by molar-refractivity contribution is 7.19. The molecule has 0 bridgehead atoms. The average molecular weight is 313 g/mol. The van der Waals surface area contributed by atoms with Gasteiger partial charge in [-0.2, -0.15) is 0 Å². The van der Waals surface area contributed by atoms with Gasteiger partial charge in [-0.3, -0.25) is 4.79 Å². The van der Waals surface area contributed by atoms with Gasteiger partial charge in [-0.05, 0) is 12.3 Å². The molecule has 1 aromatic rings. The molecule has 0 aliphatic carbocycles. The molecule has 0 fully saturated rings. The fraction of sp³-hybridized carbons (Fsp3) is 0.571. The maximum atomic E-state index is 12.0. The maximum Gasteiger partial charge on any atom is 0.343 e. The Hall–Kier alpha value is -1.76. The molecule has 1 atom stereocenters. The molecule has 0 aliphatic rings. The second-order valence-electron chi connectivity index (χ2n) is 5.02. The van der Waals surface area contributed by atoms with E-state index in [2.05, 4.69) is 31.4 Å². The molecular formula is C14H23N3O3S. The number of esters is 1. The Kier molecular flexibility index (Phi) is 6.02. The minimum Gasteiger partial charge on any atom is -0.465 e. The summed E-state index contributed by atoms with van der Waals surface area (Å²) in [6.45, 7) is 6.25. The van der Waals surface area contributed by atoms with Gasteiger partial charge < -0.3 is 21.1 Å². The molecule has 1 rings (SSSR count). The summed E-state index contributed by atoms with van der Waals surface area (Å²) in [6.07, 6.45) is 0.894. The topological polar surface area (TPSA) is 93.5 Å². The van der Waals surface area contributed by atoms with Crippen LogP contribution in [0.3, 0.4) is 0 Å². The number of anilines is 2. The van der Waals surface area contributed by atoms with E-state index in [0.717, 1.165) is 6.42 Å². The van der Waals surface area contributed by atoms with Gasteiger partial charge in [-0.15, -0.1) is 11.3 Å². The number of nitrogens with one attached hydrogen (secondary N) is 2. The van der Waals surface area contributed by atoms with Crippen LogP contribution >= 0.6 is 11.3 Å². The van der Waals surface area contributed by atoms with Gasteiger partial charge in [0.15, 0.2) is 0 Å². The summed E-state index contributed by atoms with van der Waals surface area (Å²) in [5.41, 5.74) is 6.35. The van der Waals surface area contributed by atoms with Crippen molar-refractivity contribution in [2.45, 2.75) is 33.2 Å². The van der Waals surface area contributed by atoms with E-state index in [1.165, 1.54) is 25.5 Å². The van der Waals surface area contributed by atoms with Crippen LogP contribution in [0, 0.1) is 5.92 Å². The summed E-state index contributed by atoms with van der Waals surface area (Å²) in [5.74, 6) is -0.472. The first-order valence-electron chi connectivity index (χ1n) is 6.86. The number of nitrogen functional groups attached to an aromatic ring is 1. The number of carbonyl (C=O) groups excluding carboxylic acids is 2. The van der Waals surface area contributed by atoms with Crippen LogP contribution < -0.4 is 16.4 Å². The molecule has 0 saturated carbocycles. The minimum absolute atomic E-state index is 0.160. The second-order valence-corrected chi connectivity index (χ2v) is 6.04. The summed E-state index contributed by atoms with van der Waals surface area (Å²) >= 11 is 1.17. The van der Waals surface area contributed by atoms with Gasteiger partial charge in [0.1, 0.15) is 15.4 Å². The summed E-state index contributed by atoms with van der Waals surface area (Å²) in [6, 6.07) is 0.184. The monoisotopic (exact) mass is 313 g/mol. The van der Waals surface area contributed by atoms with E-state index >= 15 is 0 Å². The number of nitrogens with two attached hydrogens (primary N) is 1. The lowest BCUT2D eigenvalue weighted by Crippen LogP contribution is -2.25. The predicted octanol–water partition coefficient (Wildman–Crippen LogP) is 2.32.